The van der Waals surface area contributed by atoms with E-state index in [1.165, 1.54) is 0 Å². The van der Waals surface area contributed by atoms with Crippen LogP contribution in [0, 0.1) is 13.8 Å². The van der Waals surface area contributed by atoms with E-state index in [0.717, 1.165) is 21.2 Å². The van der Waals surface area contributed by atoms with Crippen molar-refractivity contribution in [3.05, 3.63) is 33.3 Å². The molecule has 0 unspecified atom stereocenters. The van der Waals surface area contributed by atoms with Gasteiger partial charge in [0.25, 0.3) is 0 Å². The van der Waals surface area contributed by atoms with E-state index in [1.54, 1.807) is 0 Å². The van der Waals surface area contributed by atoms with Gasteiger partial charge in [-0.25, -0.2) is 0 Å². The van der Waals surface area contributed by atoms with Crippen LogP contribution >= 0.6 is 15.9 Å². The van der Waals surface area contributed by atoms with Crippen molar-refractivity contribution < 1.29 is 9.53 Å². The molecule has 0 radical (unpaired) electrons. The quantitative estimate of drug-likeness (QED) is 0.789. The first-order valence-electron chi connectivity index (χ1n) is 5.33. The molecule has 3 heteroatoms. The van der Waals surface area contributed by atoms with Crippen LogP contribution in [0.25, 0.3) is 0 Å². The average molecular weight is 285 g/mol. The van der Waals surface area contributed by atoms with Crippen molar-refractivity contribution in [1.29, 1.82) is 0 Å². The summed E-state index contributed by atoms with van der Waals surface area (Å²) in [6.07, 6.45) is 0.0848. The highest BCUT2D eigenvalue weighted by Crippen LogP contribution is 2.22. The number of carbonyl (C=O) groups excluding carboxylic acids is 1. The highest BCUT2D eigenvalue weighted by Gasteiger charge is 2.10. The number of rotatable bonds is 4. The van der Waals surface area contributed by atoms with Crippen LogP contribution in [0.3, 0.4) is 0 Å². The Kier molecular flexibility index (Phi) is 4.69. The number of hydrogen-bond acceptors (Lipinski definition) is 2. The molecule has 0 aliphatic carbocycles. The molecule has 0 heterocycles. The monoisotopic (exact) mass is 284 g/mol. The van der Waals surface area contributed by atoms with E-state index in [9.17, 15) is 4.79 Å². The number of aryl methyl sites for hydroxylation is 2. The van der Waals surface area contributed by atoms with Crippen molar-refractivity contribution in [2.45, 2.75) is 33.8 Å². The zero-order chi connectivity index (χ0) is 12.3. The number of ether oxygens (including phenoxy) is 1. The molecule has 0 spiro atoms. The lowest BCUT2D eigenvalue weighted by Gasteiger charge is -2.09. The zero-order valence-electron chi connectivity index (χ0n) is 10.1. The minimum atomic E-state index is 0.0346. The van der Waals surface area contributed by atoms with E-state index in [-0.39, 0.29) is 18.5 Å². The predicted octanol–water partition coefficient (Wildman–Crippen LogP) is 3.67. The number of Topliss-reactive ketones (excluding diaryl/α,β-unsaturated/α-hetero) is 1. The van der Waals surface area contributed by atoms with E-state index in [2.05, 4.69) is 15.9 Å². The molecule has 0 fully saturated rings. The summed E-state index contributed by atoms with van der Waals surface area (Å²) in [5, 5.41) is 0. The normalized spacial score (nSPS) is 10.9. The third-order valence-electron chi connectivity index (χ3n) is 2.31. The van der Waals surface area contributed by atoms with Crippen molar-refractivity contribution in [2.24, 2.45) is 0 Å². The maximum absolute atomic E-state index is 11.8. The molecular formula is C13H17BrO2. The summed E-state index contributed by atoms with van der Waals surface area (Å²) in [4.78, 5) is 11.8. The predicted molar refractivity (Wildman–Crippen MR) is 69.0 cm³/mol. The summed E-state index contributed by atoms with van der Waals surface area (Å²) < 4.78 is 6.37. The molecule has 0 N–H and O–H groups in total. The van der Waals surface area contributed by atoms with Gasteiger partial charge in [0.15, 0.2) is 5.78 Å². The molecule has 0 aliphatic rings. The van der Waals surface area contributed by atoms with Gasteiger partial charge in [0.1, 0.15) is 6.61 Å². The summed E-state index contributed by atoms with van der Waals surface area (Å²) >= 11 is 3.48. The van der Waals surface area contributed by atoms with Crippen molar-refractivity contribution in [3.63, 3.8) is 0 Å². The highest BCUT2D eigenvalue weighted by molar-refractivity contribution is 9.10. The van der Waals surface area contributed by atoms with Crippen LogP contribution in [0.15, 0.2) is 16.6 Å². The lowest BCUT2D eigenvalue weighted by molar-refractivity contribution is 0.0584. The fourth-order valence-electron chi connectivity index (χ4n) is 1.43. The molecule has 0 bridgehead atoms. The Morgan fingerprint density at radius 3 is 2.25 bits per heavy atom. The van der Waals surface area contributed by atoms with Crippen molar-refractivity contribution in [1.82, 2.24) is 0 Å². The number of halogens is 1. The average Bonchev–Trinajstić information content (AvgIpc) is 2.21. The van der Waals surface area contributed by atoms with Crippen LogP contribution in [0.2, 0.25) is 0 Å². The fourth-order valence-corrected chi connectivity index (χ4v) is 1.66. The van der Waals surface area contributed by atoms with Gasteiger partial charge in [-0.15, -0.1) is 0 Å². The third-order valence-corrected chi connectivity index (χ3v) is 3.56. The Balaban J connectivity index is 2.84. The first kappa shape index (κ1) is 13.4. The van der Waals surface area contributed by atoms with Crippen molar-refractivity contribution in [2.75, 3.05) is 6.61 Å². The van der Waals surface area contributed by atoms with Crippen LogP contribution in [0.1, 0.15) is 35.3 Å². The first-order valence-corrected chi connectivity index (χ1v) is 6.12. The van der Waals surface area contributed by atoms with Gasteiger partial charge in [0, 0.05) is 10.0 Å². The van der Waals surface area contributed by atoms with Gasteiger partial charge in [-0.3, -0.25) is 4.79 Å². The second kappa shape index (κ2) is 5.60. The molecule has 0 atom stereocenters. The molecule has 1 aromatic rings. The Bertz CT molecular complexity index is 374. The Morgan fingerprint density at radius 1 is 1.31 bits per heavy atom. The van der Waals surface area contributed by atoms with Gasteiger partial charge in [0.05, 0.1) is 6.10 Å². The zero-order valence-corrected chi connectivity index (χ0v) is 11.7. The van der Waals surface area contributed by atoms with Crippen molar-refractivity contribution in [3.8, 4) is 0 Å². The molecule has 1 aromatic carbocycles. The molecule has 16 heavy (non-hydrogen) atoms. The topological polar surface area (TPSA) is 26.3 Å². The van der Waals surface area contributed by atoms with Gasteiger partial charge in [-0.2, -0.15) is 0 Å². The summed E-state index contributed by atoms with van der Waals surface area (Å²) in [6, 6.07) is 3.78. The second-order valence-corrected chi connectivity index (χ2v) is 5.00. The third kappa shape index (κ3) is 3.42. The second-order valence-electron chi connectivity index (χ2n) is 4.21. The molecule has 1 rings (SSSR count). The standard InChI is InChI=1S/C13H17BrO2/c1-8(2)16-7-12(15)11-5-9(3)13(14)10(4)6-11/h5-6,8H,7H2,1-4H3. The molecule has 0 saturated carbocycles. The van der Waals surface area contributed by atoms with Crippen LogP contribution < -0.4 is 0 Å². The summed E-state index contributed by atoms with van der Waals surface area (Å²) in [6.45, 7) is 7.96. The van der Waals surface area contributed by atoms with Crippen LogP contribution in [-0.2, 0) is 4.74 Å². The summed E-state index contributed by atoms with van der Waals surface area (Å²) in [5.74, 6) is 0.0346. The molecule has 0 aliphatic heterocycles. The Hall–Kier alpha value is -0.670. The van der Waals surface area contributed by atoms with E-state index < -0.39 is 0 Å². The Morgan fingerprint density at radius 2 is 1.81 bits per heavy atom. The van der Waals surface area contributed by atoms with E-state index >= 15 is 0 Å². The summed E-state index contributed by atoms with van der Waals surface area (Å²) in [7, 11) is 0. The molecule has 2 nitrogen and oxygen atoms in total. The van der Waals surface area contributed by atoms with Gasteiger partial charge in [-0.05, 0) is 51.0 Å². The minimum absolute atomic E-state index is 0.0346. The number of carbonyl (C=O) groups is 1. The van der Waals surface area contributed by atoms with Crippen LogP contribution in [-0.4, -0.2) is 18.5 Å². The van der Waals surface area contributed by atoms with Gasteiger partial charge < -0.3 is 4.74 Å². The molecule has 0 amide bonds. The maximum atomic E-state index is 11.8. The number of hydrogen-bond donors (Lipinski definition) is 0. The minimum Gasteiger partial charge on any atom is -0.371 e. The van der Waals surface area contributed by atoms with E-state index in [0.29, 0.717) is 0 Å². The summed E-state index contributed by atoms with van der Waals surface area (Å²) in [5.41, 5.74) is 2.87. The van der Waals surface area contributed by atoms with E-state index in [1.807, 2.05) is 39.8 Å². The van der Waals surface area contributed by atoms with Crippen LogP contribution in [0.5, 0.6) is 0 Å². The maximum Gasteiger partial charge on any atom is 0.188 e. The Labute approximate surface area is 105 Å². The SMILES string of the molecule is Cc1cc(C(=O)COC(C)C)cc(C)c1Br. The lowest BCUT2D eigenvalue weighted by Crippen LogP contribution is -2.13. The number of benzene rings is 1. The lowest BCUT2D eigenvalue weighted by atomic mass is 10.0. The molecule has 88 valence electrons. The molecule has 0 saturated heterocycles. The van der Waals surface area contributed by atoms with E-state index in [4.69, 9.17) is 4.74 Å². The molecule has 0 aromatic heterocycles. The first-order chi connectivity index (χ1) is 7.41. The smallest absolute Gasteiger partial charge is 0.188 e. The van der Waals surface area contributed by atoms with Gasteiger partial charge in [0.2, 0.25) is 0 Å². The fraction of sp³-hybridized carbons (Fsp3) is 0.462. The van der Waals surface area contributed by atoms with Crippen molar-refractivity contribution >= 4 is 21.7 Å². The van der Waals surface area contributed by atoms with Gasteiger partial charge in [-0.1, -0.05) is 15.9 Å². The largest absolute Gasteiger partial charge is 0.371 e. The molecular weight excluding hydrogens is 268 g/mol. The number of ketones is 1. The highest BCUT2D eigenvalue weighted by atomic mass is 79.9. The van der Waals surface area contributed by atoms with Gasteiger partial charge >= 0.3 is 0 Å². The van der Waals surface area contributed by atoms with Crippen LogP contribution in [0.4, 0.5) is 0 Å².